The van der Waals surface area contributed by atoms with Crippen molar-refractivity contribution in [2.24, 2.45) is 0 Å². The minimum Gasteiger partial charge on any atom is -0.477 e. The standard InChI is InChI=1S/C14H22N2O2/c1-5-7-11(6-2)16(4)13-10(3)8-9-12(15-13)14(17)18/h8-9,11H,5-7H2,1-4H3,(H,17,18). The van der Waals surface area contributed by atoms with Crippen LogP contribution in [0.1, 0.15) is 49.2 Å². The number of anilines is 1. The minimum absolute atomic E-state index is 0.105. The molecule has 0 spiro atoms. The third kappa shape index (κ3) is 3.22. The maximum Gasteiger partial charge on any atom is 0.354 e. The van der Waals surface area contributed by atoms with Crippen LogP contribution in [0.5, 0.6) is 0 Å². The van der Waals surface area contributed by atoms with Crippen molar-refractivity contribution in [3.8, 4) is 0 Å². The van der Waals surface area contributed by atoms with Gasteiger partial charge in [0.2, 0.25) is 0 Å². The first-order chi connectivity index (χ1) is 8.51. The van der Waals surface area contributed by atoms with E-state index in [-0.39, 0.29) is 5.69 Å². The maximum atomic E-state index is 11.0. The van der Waals surface area contributed by atoms with Crippen molar-refractivity contribution in [3.63, 3.8) is 0 Å². The molecule has 1 aromatic rings. The quantitative estimate of drug-likeness (QED) is 0.843. The van der Waals surface area contributed by atoms with E-state index in [9.17, 15) is 4.79 Å². The maximum absolute atomic E-state index is 11.0. The average Bonchev–Trinajstić information content (AvgIpc) is 2.35. The summed E-state index contributed by atoms with van der Waals surface area (Å²) in [6.45, 7) is 6.26. The molecule has 0 fully saturated rings. The summed E-state index contributed by atoms with van der Waals surface area (Å²) >= 11 is 0. The smallest absolute Gasteiger partial charge is 0.354 e. The highest BCUT2D eigenvalue weighted by Crippen LogP contribution is 2.21. The number of carboxylic acid groups (broad SMARTS) is 1. The summed E-state index contributed by atoms with van der Waals surface area (Å²) in [5.74, 6) is -0.205. The fraction of sp³-hybridized carbons (Fsp3) is 0.571. The highest BCUT2D eigenvalue weighted by Gasteiger charge is 2.17. The van der Waals surface area contributed by atoms with E-state index in [1.54, 1.807) is 6.07 Å². The largest absolute Gasteiger partial charge is 0.477 e. The second-order valence-corrected chi connectivity index (χ2v) is 4.60. The van der Waals surface area contributed by atoms with E-state index in [0.717, 1.165) is 30.6 Å². The zero-order valence-corrected chi connectivity index (χ0v) is 11.6. The van der Waals surface area contributed by atoms with Crippen LogP contribution in [0, 0.1) is 6.92 Å². The van der Waals surface area contributed by atoms with Gasteiger partial charge in [-0.2, -0.15) is 0 Å². The van der Waals surface area contributed by atoms with Crippen molar-refractivity contribution in [1.82, 2.24) is 4.98 Å². The van der Waals surface area contributed by atoms with Gasteiger partial charge in [0.25, 0.3) is 0 Å². The Morgan fingerprint density at radius 3 is 2.61 bits per heavy atom. The summed E-state index contributed by atoms with van der Waals surface area (Å²) in [5.41, 5.74) is 1.12. The normalized spacial score (nSPS) is 12.2. The van der Waals surface area contributed by atoms with Crippen molar-refractivity contribution in [2.75, 3.05) is 11.9 Å². The molecule has 1 atom stereocenters. The van der Waals surface area contributed by atoms with Gasteiger partial charge in [-0.1, -0.05) is 26.3 Å². The van der Waals surface area contributed by atoms with E-state index < -0.39 is 5.97 Å². The minimum atomic E-state index is -0.979. The Balaban J connectivity index is 3.06. The Hall–Kier alpha value is -1.58. The van der Waals surface area contributed by atoms with Crippen LogP contribution in [-0.2, 0) is 0 Å². The van der Waals surface area contributed by atoms with Gasteiger partial charge in [-0.05, 0) is 31.4 Å². The van der Waals surface area contributed by atoms with Crippen molar-refractivity contribution < 1.29 is 9.90 Å². The molecule has 0 aliphatic rings. The van der Waals surface area contributed by atoms with Gasteiger partial charge in [0.05, 0.1) is 0 Å². The molecule has 0 aliphatic heterocycles. The van der Waals surface area contributed by atoms with Gasteiger partial charge in [-0.25, -0.2) is 9.78 Å². The van der Waals surface area contributed by atoms with Crippen LogP contribution in [0.2, 0.25) is 0 Å². The van der Waals surface area contributed by atoms with Gasteiger partial charge in [0.15, 0.2) is 5.69 Å². The SMILES string of the molecule is CCCC(CC)N(C)c1nc(C(=O)O)ccc1C. The molecule has 0 aromatic carbocycles. The van der Waals surface area contributed by atoms with Crippen LogP contribution < -0.4 is 4.90 Å². The van der Waals surface area contributed by atoms with Crippen LogP contribution in [0.4, 0.5) is 5.82 Å². The molecule has 100 valence electrons. The van der Waals surface area contributed by atoms with E-state index in [4.69, 9.17) is 5.11 Å². The van der Waals surface area contributed by atoms with Crippen LogP contribution in [0.25, 0.3) is 0 Å². The molecule has 4 nitrogen and oxygen atoms in total. The highest BCUT2D eigenvalue weighted by atomic mass is 16.4. The summed E-state index contributed by atoms with van der Waals surface area (Å²) in [6, 6.07) is 3.78. The summed E-state index contributed by atoms with van der Waals surface area (Å²) in [4.78, 5) is 17.3. The monoisotopic (exact) mass is 250 g/mol. The van der Waals surface area contributed by atoms with E-state index in [1.165, 1.54) is 0 Å². The lowest BCUT2D eigenvalue weighted by molar-refractivity contribution is 0.0690. The number of carbonyl (C=O) groups is 1. The molecular formula is C14H22N2O2. The second-order valence-electron chi connectivity index (χ2n) is 4.60. The molecule has 0 radical (unpaired) electrons. The summed E-state index contributed by atoms with van der Waals surface area (Å²) < 4.78 is 0. The Kier molecular flexibility index (Phi) is 5.13. The van der Waals surface area contributed by atoms with E-state index in [2.05, 4.69) is 23.7 Å². The van der Waals surface area contributed by atoms with Crippen LogP contribution in [-0.4, -0.2) is 29.1 Å². The molecular weight excluding hydrogens is 228 g/mol. The van der Waals surface area contributed by atoms with Crippen molar-refractivity contribution in [2.45, 2.75) is 46.1 Å². The molecule has 0 saturated carbocycles. The van der Waals surface area contributed by atoms with Gasteiger partial charge < -0.3 is 10.0 Å². The fourth-order valence-electron chi connectivity index (χ4n) is 2.17. The van der Waals surface area contributed by atoms with Gasteiger partial charge in [0, 0.05) is 13.1 Å². The predicted octanol–water partition coefficient (Wildman–Crippen LogP) is 3.10. The molecule has 1 heterocycles. The number of pyridine rings is 1. The third-order valence-corrected chi connectivity index (χ3v) is 3.26. The molecule has 0 amide bonds. The first-order valence-electron chi connectivity index (χ1n) is 6.45. The van der Waals surface area contributed by atoms with Crippen molar-refractivity contribution >= 4 is 11.8 Å². The first kappa shape index (κ1) is 14.5. The number of nitrogens with zero attached hydrogens (tertiary/aromatic N) is 2. The second kappa shape index (κ2) is 6.38. The van der Waals surface area contributed by atoms with Crippen LogP contribution in [0.15, 0.2) is 12.1 Å². The lowest BCUT2D eigenvalue weighted by atomic mass is 10.1. The van der Waals surface area contributed by atoms with E-state index in [1.807, 2.05) is 20.0 Å². The molecule has 1 N–H and O–H groups in total. The Labute approximate surface area is 109 Å². The van der Waals surface area contributed by atoms with Crippen LogP contribution >= 0.6 is 0 Å². The summed E-state index contributed by atoms with van der Waals surface area (Å²) in [6.07, 6.45) is 3.23. The van der Waals surface area contributed by atoms with E-state index in [0.29, 0.717) is 6.04 Å². The lowest BCUT2D eigenvalue weighted by Crippen LogP contribution is -2.32. The first-order valence-corrected chi connectivity index (χ1v) is 6.45. The van der Waals surface area contributed by atoms with Gasteiger partial charge in [-0.15, -0.1) is 0 Å². The number of hydrogen-bond acceptors (Lipinski definition) is 3. The van der Waals surface area contributed by atoms with Crippen molar-refractivity contribution in [3.05, 3.63) is 23.4 Å². The number of hydrogen-bond donors (Lipinski definition) is 1. The van der Waals surface area contributed by atoms with Gasteiger partial charge in [0.1, 0.15) is 5.82 Å². The molecule has 4 heteroatoms. The van der Waals surface area contributed by atoms with Gasteiger partial charge in [-0.3, -0.25) is 0 Å². The van der Waals surface area contributed by atoms with Gasteiger partial charge >= 0.3 is 5.97 Å². The summed E-state index contributed by atoms with van der Waals surface area (Å²) in [7, 11) is 1.99. The fourth-order valence-corrected chi connectivity index (χ4v) is 2.17. The topological polar surface area (TPSA) is 53.4 Å². The Morgan fingerprint density at radius 1 is 1.44 bits per heavy atom. The zero-order valence-electron chi connectivity index (χ0n) is 11.6. The number of aromatic carboxylic acids is 1. The Morgan fingerprint density at radius 2 is 2.11 bits per heavy atom. The molecule has 1 unspecified atom stereocenters. The summed E-state index contributed by atoms with van der Waals surface area (Å²) in [5, 5.41) is 9.00. The van der Waals surface area contributed by atoms with Crippen LogP contribution in [0.3, 0.4) is 0 Å². The molecule has 18 heavy (non-hydrogen) atoms. The zero-order chi connectivity index (χ0) is 13.7. The molecule has 1 rings (SSSR count). The number of rotatable bonds is 6. The molecule has 1 aromatic heterocycles. The number of carboxylic acids is 1. The third-order valence-electron chi connectivity index (χ3n) is 3.26. The highest BCUT2D eigenvalue weighted by molar-refractivity contribution is 5.86. The number of aryl methyl sites for hydroxylation is 1. The predicted molar refractivity (Wildman–Crippen MR) is 73.3 cm³/mol. The van der Waals surface area contributed by atoms with Crippen molar-refractivity contribution in [1.29, 1.82) is 0 Å². The van der Waals surface area contributed by atoms with E-state index >= 15 is 0 Å². The Bertz CT molecular complexity index is 418. The molecule has 0 saturated heterocycles. The average molecular weight is 250 g/mol. The molecule has 0 bridgehead atoms. The lowest BCUT2D eigenvalue weighted by Gasteiger charge is -2.29. The molecule has 0 aliphatic carbocycles. The number of aromatic nitrogens is 1.